The van der Waals surface area contributed by atoms with Crippen LogP contribution in [-0.4, -0.2) is 30.1 Å². The van der Waals surface area contributed by atoms with E-state index in [9.17, 15) is 4.79 Å². The van der Waals surface area contributed by atoms with Gasteiger partial charge in [-0.25, -0.2) is 4.98 Å². The highest BCUT2D eigenvalue weighted by Crippen LogP contribution is 2.33. The highest BCUT2D eigenvalue weighted by Gasteiger charge is 2.27. The fourth-order valence-corrected chi connectivity index (χ4v) is 5.05. The van der Waals surface area contributed by atoms with E-state index in [0.717, 1.165) is 41.0 Å². The standard InChI is InChI=1S/C27H26N2O3S/c1-18-10-15-24-25(19(18)2)28-27(33-24)29(17-23-9-6-16-31-23)26(30)20-11-13-22(14-12-20)32-21-7-4-3-5-8-21/h3-5,7-8,10-15,23H,6,9,16-17H2,1-2H3. The highest BCUT2D eigenvalue weighted by atomic mass is 32.1. The van der Waals surface area contributed by atoms with E-state index >= 15 is 0 Å². The summed E-state index contributed by atoms with van der Waals surface area (Å²) in [6.45, 7) is 5.41. The van der Waals surface area contributed by atoms with Gasteiger partial charge in [-0.05, 0) is 80.3 Å². The van der Waals surface area contributed by atoms with Crippen LogP contribution in [-0.2, 0) is 4.74 Å². The molecule has 0 spiro atoms. The molecule has 6 heteroatoms. The van der Waals surface area contributed by atoms with E-state index in [1.165, 1.54) is 5.56 Å². The molecule has 0 radical (unpaired) electrons. The van der Waals surface area contributed by atoms with Crippen molar-refractivity contribution in [2.24, 2.45) is 0 Å². The number of hydrogen-bond donors (Lipinski definition) is 0. The van der Waals surface area contributed by atoms with Crippen LogP contribution >= 0.6 is 11.3 Å². The Kier molecular flexibility index (Phi) is 6.11. The van der Waals surface area contributed by atoms with Gasteiger partial charge >= 0.3 is 0 Å². The van der Waals surface area contributed by atoms with Crippen molar-refractivity contribution in [2.45, 2.75) is 32.8 Å². The maximum atomic E-state index is 13.6. The van der Waals surface area contributed by atoms with Crippen molar-refractivity contribution >= 4 is 32.6 Å². The van der Waals surface area contributed by atoms with Gasteiger partial charge in [-0.2, -0.15) is 0 Å². The van der Waals surface area contributed by atoms with Crippen LogP contribution in [0.5, 0.6) is 11.5 Å². The molecule has 1 aromatic heterocycles. The lowest BCUT2D eigenvalue weighted by Gasteiger charge is -2.23. The maximum Gasteiger partial charge on any atom is 0.260 e. The van der Waals surface area contributed by atoms with Crippen LogP contribution in [0.1, 0.15) is 34.3 Å². The summed E-state index contributed by atoms with van der Waals surface area (Å²) in [5, 5.41) is 0.712. The number of amides is 1. The third kappa shape index (κ3) is 4.63. The van der Waals surface area contributed by atoms with Gasteiger partial charge in [-0.3, -0.25) is 9.69 Å². The smallest absolute Gasteiger partial charge is 0.260 e. The zero-order valence-electron chi connectivity index (χ0n) is 18.8. The van der Waals surface area contributed by atoms with Gasteiger partial charge in [-0.15, -0.1) is 0 Å². The molecule has 1 fully saturated rings. The third-order valence-electron chi connectivity index (χ3n) is 6.04. The molecule has 1 saturated heterocycles. The number of anilines is 1. The van der Waals surface area contributed by atoms with Crippen LogP contribution in [0, 0.1) is 13.8 Å². The number of nitrogens with zero attached hydrogens (tertiary/aromatic N) is 2. The van der Waals surface area contributed by atoms with E-state index in [2.05, 4.69) is 26.0 Å². The van der Waals surface area contributed by atoms with Crippen molar-refractivity contribution in [2.75, 3.05) is 18.1 Å². The maximum absolute atomic E-state index is 13.6. The van der Waals surface area contributed by atoms with E-state index in [1.54, 1.807) is 16.2 Å². The molecule has 1 atom stereocenters. The van der Waals surface area contributed by atoms with Crippen LogP contribution in [0.3, 0.4) is 0 Å². The minimum atomic E-state index is -0.0785. The van der Waals surface area contributed by atoms with Crippen molar-refractivity contribution in [3.8, 4) is 11.5 Å². The molecule has 4 aromatic rings. The monoisotopic (exact) mass is 458 g/mol. The molecule has 1 unspecified atom stereocenters. The number of carbonyl (C=O) groups is 1. The summed E-state index contributed by atoms with van der Waals surface area (Å²) in [6, 6.07) is 21.1. The third-order valence-corrected chi connectivity index (χ3v) is 7.08. The number of aromatic nitrogens is 1. The number of carbonyl (C=O) groups excluding carboxylic acids is 1. The Hall–Kier alpha value is -3.22. The molecule has 5 rings (SSSR count). The molecular weight excluding hydrogens is 432 g/mol. The molecule has 0 saturated carbocycles. The number of rotatable bonds is 6. The number of fused-ring (bicyclic) bond motifs is 1. The first kappa shape index (κ1) is 21.6. The summed E-state index contributed by atoms with van der Waals surface area (Å²) in [5.74, 6) is 1.37. The summed E-state index contributed by atoms with van der Waals surface area (Å²) >= 11 is 1.55. The van der Waals surface area contributed by atoms with Crippen molar-refractivity contribution < 1.29 is 14.3 Å². The molecule has 1 aliphatic rings. The minimum Gasteiger partial charge on any atom is -0.457 e. The topological polar surface area (TPSA) is 51.7 Å². The Morgan fingerprint density at radius 3 is 2.55 bits per heavy atom. The Bertz CT molecular complexity index is 1260. The number of hydrogen-bond acceptors (Lipinski definition) is 5. The Balaban J connectivity index is 1.43. The lowest BCUT2D eigenvalue weighted by Crippen LogP contribution is -2.37. The minimum absolute atomic E-state index is 0.0319. The summed E-state index contributed by atoms with van der Waals surface area (Å²) in [4.78, 5) is 20.3. The van der Waals surface area contributed by atoms with Crippen LogP contribution in [0.25, 0.3) is 10.2 Å². The largest absolute Gasteiger partial charge is 0.457 e. The number of benzene rings is 3. The van der Waals surface area contributed by atoms with Crippen molar-refractivity contribution in [1.82, 2.24) is 4.98 Å². The lowest BCUT2D eigenvalue weighted by atomic mass is 10.1. The molecule has 0 N–H and O–H groups in total. The molecule has 3 aromatic carbocycles. The predicted molar refractivity (Wildman–Crippen MR) is 133 cm³/mol. The van der Waals surface area contributed by atoms with Crippen LogP contribution in [0.15, 0.2) is 66.7 Å². The second-order valence-electron chi connectivity index (χ2n) is 8.34. The van der Waals surface area contributed by atoms with Gasteiger partial charge in [0.25, 0.3) is 5.91 Å². The summed E-state index contributed by atoms with van der Waals surface area (Å²) in [6.07, 6.45) is 2.01. The van der Waals surface area contributed by atoms with Crippen LogP contribution in [0.4, 0.5) is 5.13 Å². The van der Waals surface area contributed by atoms with Gasteiger partial charge in [0.05, 0.1) is 22.9 Å². The van der Waals surface area contributed by atoms with Crippen molar-refractivity contribution in [3.63, 3.8) is 0 Å². The number of thiazole rings is 1. The van der Waals surface area contributed by atoms with Crippen molar-refractivity contribution in [1.29, 1.82) is 0 Å². The van der Waals surface area contributed by atoms with E-state index < -0.39 is 0 Å². The summed E-state index contributed by atoms with van der Waals surface area (Å²) in [5.41, 5.74) is 3.92. The fourth-order valence-electron chi connectivity index (χ4n) is 4.02. The molecular formula is C27H26N2O3S. The van der Waals surface area contributed by atoms with Gasteiger partial charge in [0, 0.05) is 12.2 Å². The second-order valence-corrected chi connectivity index (χ2v) is 9.35. The average molecular weight is 459 g/mol. The zero-order chi connectivity index (χ0) is 22.8. The SMILES string of the molecule is Cc1ccc2sc(N(CC3CCCO3)C(=O)c3ccc(Oc4ccccc4)cc3)nc2c1C. The number of aryl methyl sites for hydroxylation is 2. The van der Waals surface area contributed by atoms with Gasteiger partial charge in [0.15, 0.2) is 5.13 Å². The van der Waals surface area contributed by atoms with Gasteiger partial charge in [0.1, 0.15) is 11.5 Å². The highest BCUT2D eigenvalue weighted by molar-refractivity contribution is 7.22. The van der Waals surface area contributed by atoms with E-state index in [1.807, 2.05) is 54.6 Å². The van der Waals surface area contributed by atoms with Gasteiger partial charge < -0.3 is 9.47 Å². The lowest BCUT2D eigenvalue weighted by molar-refractivity contribution is 0.0917. The normalized spacial score (nSPS) is 15.6. The van der Waals surface area contributed by atoms with Gasteiger partial charge in [-0.1, -0.05) is 35.6 Å². The quantitative estimate of drug-likeness (QED) is 0.330. The number of ether oxygens (including phenoxy) is 2. The Labute approximate surface area is 197 Å². The number of para-hydroxylation sites is 1. The second kappa shape index (κ2) is 9.33. The zero-order valence-corrected chi connectivity index (χ0v) is 19.6. The average Bonchev–Trinajstić information content (AvgIpc) is 3.51. The first-order valence-electron chi connectivity index (χ1n) is 11.2. The van der Waals surface area contributed by atoms with Crippen LogP contribution < -0.4 is 9.64 Å². The Morgan fingerprint density at radius 2 is 1.82 bits per heavy atom. The van der Waals surface area contributed by atoms with Crippen molar-refractivity contribution in [3.05, 3.63) is 83.4 Å². The molecule has 2 heterocycles. The molecule has 1 aliphatic heterocycles. The Morgan fingerprint density at radius 1 is 1.06 bits per heavy atom. The van der Waals surface area contributed by atoms with Crippen LogP contribution in [0.2, 0.25) is 0 Å². The first-order valence-corrected chi connectivity index (χ1v) is 12.0. The van der Waals surface area contributed by atoms with E-state index in [0.29, 0.717) is 23.0 Å². The van der Waals surface area contributed by atoms with E-state index in [-0.39, 0.29) is 12.0 Å². The molecule has 1 amide bonds. The fraction of sp³-hybridized carbons (Fsp3) is 0.259. The summed E-state index contributed by atoms with van der Waals surface area (Å²) < 4.78 is 12.8. The molecule has 0 aliphatic carbocycles. The molecule has 0 bridgehead atoms. The summed E-state index contributed by atoms with van der Waals surface area (Å²) in [7, 11) is 0. The predicted octanol–water partition coefficient (Wildman–Crippen LogP) is 6.53. The molecule has 33 heavy (non-hydrogen) atoms. The molecule has 5 nitrogen and oxygen atoms in total. The first-order chi connectivity index (χ1) is 16.1. The van der Waals surface area contributed by atoms with Gasteiger partial charge in [0.2, 0.25) is 0 Å². The van der Waals surface area contributed by atoms with E-state index in [4.69, 9.17) is 14.5 Å². The molecule has 168 valence electrons.